The highest BCUT2D eigenvalue weighted by Gasteiger charge is 2.54. The first-order valence-electron chi connectivity index (χ1n) is 8.52. The van der Waals surface area contributed by atoms with Gasteiger partial charge in [-0.2, -0.15) is 0 Å². The van der Waals surface area contributed by atoms with Crippen LogP contribution in [0.4, 0.5) is 21.9 Å². The zero-order valence-corrected chi connectivity index (χ0v) is 15.7. The lowest BCUT2D eigenvalue weighted by molar-refractivity contribution is -0.384. The number of fused-ring (bicyclic) bond motifs is 1. The molecular weight excluding hydrogens is 386 g/mol. The molecule has 2 aromatic carbocycles. The van der Waals surface area contributed by atoms with Crippen LogP contribution in [0.2, 0.25) is 0 Å². The van der Waals surface area contributed by atoms with Gasteiger partial charge in [0.1, 0.15) is 5.75 Å². The molecule has 2 aliphatic heterocycles. The highest BCUT2D eigenvalue weighted by Crippen LogP contribution is 2.38. The van der Waals surface area contributed by atoms with Gasteiger partial charge < -0.3 is 4.74 Å². The van der Waals surface area contributed by atoms with E-state index in [1.54, 1.807) is 24.3 Å². The monoisotopic (exact) mass is 403 g/mol. The minimum atomic E-state index is -3.31. The smallest absolute Gasteiger partial charge is 0.329 e. The number of benzene rings is 2. The van der Waals surface area contributed by atoms with Crippen molar-refractivity contribution in [3.63, 3.8) is 0 Å². The molecule has 2 fully saturated rings. The second-order valence-electron chi connectivity index (χ2n) is 6.71. The minimum absolute atomic E-state index is 0.0991. The molecule has 0 saturated carbocycles. The summed E-state index contributed by atoms with van der Waals surface area (Å²) in [6, 6.07) is 10.9. The number of ether oxygens (including phenoxy) is 1. The minimum Gasteiger partial charge on any atom is -0.497 e. The first-order chi connectivity index (χ1) is 13.3. The van der Waals surface area contributed by atoms with Crippen LogP contribution in [0, 0.1) is 10.1 Å². The van der Waals surface area contributed by atoms with Crippen molar-refractivity contribution in [2.75, 3.05) is 28.4 Å². The van der Waals surface area contributed by atoms with Gasteiger partial charge >= 0.3 is 6.03 Å². The van der Waals surface area contributed by atoms with Gasteiger partial charge in [0.2, 0.25) is 0 Å². The molecule has 2 saturated heterocycles. The van der Waals surface area contributed by atoms with Gasteiger partial charge in [-0.3, -0.25) is 19.9 Å². The lowest BCUT2D eigenvalue weighted by atomic mass is 10.1. The fraction of sp³-hybridized carbons (Fsp3) is 0.278. The van der Waals surface area contributed by atoms with Gasteiger partial charge in [-0.25, -0.2) is 13.2 Å². The summed E-state index contributed by atoms with van der Waals surface area (Å²) in [6.45, 7) is 0. The molecule has 146 valence electrons. The molecule has 0 spiro atoms. The SMILES string of the molecule is COc1ccc(N2C(=O)N(c3ccc([N+](=O)[O-])cc3)C3CS(=O)(=O)CC32)cc1. The predicted molar refractivity (Wildman–Crippen MR) is 103 cm³/mol. The Bertz CT molecular complexity index is 1040. The summed E-state index contributed by atoms with van der Waals surface area (Å²) in [5.41, 5.74) is 0.902. The number of carbonyl (C=O) groups is 1. The number of anilines is 2. The lowest BCUT2D eigenvalue weighted by Crippen LogP contribution is -2.37. The summed E-state index contributed by atoms with van der Waals surface area (Å²) in [5.74, 6) is 0.351. The van der Waals surface area contributed by atoms with Crippen LogP contribution >= 0.6 is 0 Å². The standard InChI is InChI=1S/C18H17N3O6S/c1-27-15-8-6-13(7-9-15)20-17-11-28(25,26)10-16(17)19(18(20)22)12-2-4-14(5-3-12)21(23)24/h2-9,16-17H,10-11H2,1H3. The molecule has 2 amide bonds. The maximum atomic E-state index is 13.2. The Balaban J connectivity index is 1.74. The number of nitrogens with zero attached hydrogens (tertiary/aromatic N) is 3. The van der Waals surface area contributed by atoms with Crippen LogP contribution in [0.25, 0.3) is 0 Å². The molecule has 0 N–H and O–H groups in total. The molecule has 2 aliphatic rings. The topological polar surface area (TPSA) is 110 Å². The molecule has 0 bridgehead atoms. The van der Waals surface area contributed by atoms with Crippen LogP contribution in [0.5, 0.6) is 5.75 Å². The van der Waals surface area contributed by atoms with Crippen LogP contribution in [0.1, 0.15) is 0 Å². The van der Waals surface area contributed by atoms with Crippen LogP contribution in [0.15, 0.2) is 48.5 Å². The fourth-order valence-corrected chi connectivity index (χ4v) is 5.70. The Morgan fingerprint density at radius 3 is 1.86 bits per heavy atom. The Hall–Kier alpha value is -3.14. The van der Waals surface area contributed by atoms with E-state index in [-0.39, 0.29) is 23.2 Å². The zero-order valence-electron chi connectivity index (χ0n) is 14.9. The average molecular weight is 403 g/mol. The maximum absolute atomic E-state index is 13.2. The van der Waals surface area contributed by atoms with E-state index in [0.717, 1.165) is 0 Å². The summed E-state index contributed by atoms with van der Waals surface area (Å²) in [6.07, 6.45) is 0. The summed E-state index contributed by atoms with van der Waals surface area (Å²) < 4.78 is 29.7. The zero-order chi connectivity index (χ0) is 20.1. The summed E-state index contributed by atoms with van der Waals surface area (Å²) in [4.78, 5) is 26.5. The molecule has 2 aromatic rings. The molecule has 0 aromatic heterocycles. The van der Waals surface area contributed by atoms with Gasteiger partial charge in [0.15, 0.2) is 9.84 Å². The van der Waals surface area contributed by atoms with Crippen LogP contribution in [-0.4, -0.2) is 50.1 Å². The van der Waals surface area contributed by atoms with Crippen molar-refractivity contribution < 1.29 is 22.9 Å². The predicted octanol–water partition coefficient (Wildman–Crippen LogP) is 2.22. The van der Waals surface area contributed by atoms with E-state index in [2.05, 4.69) is 0 Å². The Morgan fingerprint density at radius 2 is 1.43 bits per heavy atom. The number of nitro groups is 1. The van der Waals surface area contributed by atoms with Crippen LogP contribution < -0.4 is 14.5 Å². The summed E-state index contributed by atoms with van der Waals surface area (Å²) in [7, 11) is -1.78. The number of sulfone groups is 1. The summed E-state index contributed by atoms with van der Waals surface area (Å²) >= 11 is 0. The third kappa shape index (κ3) is 2.95. The highest BCUT2D eigenvalue weighted by molar-refractivity contribution is 7.91. The maximum Gasteiger partial charge on any atom is 0.329 e. The first-order valence-corrected chi connectivity index (χ1v) is 10.3. The van der Waals surface area contributed by atoms with Crippen LogP contribution in [0.3, 0.4) is 0 Å². The molecule has 9 nitrogen and oxygen atoms in total. The summed E-state index contributed by atoms with van der Waals surface area (Å²) in [5, 5.41) is 10.9. The molecular formula is C18H17N3O6S. The molecule has 2 unspecified atom stereocenters. The van der Waals surface area contributed by atoms with Crippen molar-refractivity contribution in [2.24, 2.45) is 0 Å². The molecule has 4 rings (SSSR count). The quantitative estimate of drug-likeness (QED) is 0.440. The van der Waals surface area contributed by atoms with Crippen molar-refractivity contribution in [1.82, 2.24) is 0 Å². The van der Waals surface area contributed by atoms with E-state index in [1.807, 2.05) is 0 Å². The number of amides is 2. The number of carbonyl (C=O) groups excluding carboxylic acids is 1. The van der Waals surface area contributed by atoms with Gasteiger partial charge in [0, 0.05) is 23.5 Å². The molecule has 2 heterocycles. The van der Waals surface area contributed by atoms with E-state index in [4.69, 9.17) is 4.74 Å². The number of methoxy groups -OCH3 is 1. The lowest BCUT2D eigenvalue weighted by Gasteiger charge is -2.22. The van der Waals surface area contributed by atoms with E-state index in [1.165, 1.54) is 41.2 Å². The van der Waals surface area contributed by atoms with E-state index >= 15 is 0 Å². The van der Waals surface area contributed by atoms with Gasteiger partial charge in [-0.1, -0.05) is 0 Å². The number of urea groups is 1. The van der Waals surface area contributed by atoms with Crippen molar-refractivity contribution in [3.8, 4) is 5.75 Å². The van der Waals surface area contributed by atoms with Crippen LogP contribution in [-0.2, 0) is 9.84 Å². The Morgan fingerprint density at radius 1 is 0.964 bits per heavy atom. The third-order valence-corrected chi connectivity index (χ3v) is 6.76. The molecule has 0 radical (unpaired) electrons. The largest absolute Gasteiger partial charge is 0.497 e. The highest BCUT2D eigenvalue weighted by atomic mass is 32.2. The van der Waals surface area contributed by atoms with Gasteiger partial charge in [-0.15, -0.1) is 0 Å². The molecule has 28 heavy (non-hydrogen) atoms. The van der Waals surface area contributed by atoms with Gasteiger partial charge in [0.25, 0.3) is 5.69 Å². The molecule has 0 aliphatic carbocycles. The second-order valence-corrected chi connectivity index (χ2v) is 8.86. The first kappa shape index (κ1) is 18.2. The Kier molecular flexibility index (Phi) is 4.22. The number of nitro benzene ring substituents is 1. The van der Waals surface area contributed by atoms with E-state index in [9.17, 15) is 23.3 Å². The van der Waals surface area contributed by atoms with Gasteiger partial charge in [-0.05, 0) is 36.4 Å². The third-order valence-electron chi connectivity index (χ3n) is 5.06. The normalized spacial score (nSPS) is 23.0. The average Bonchev–Trinajstić information content (AvgIpc) is 3.10. The van der Waals surface area contributed by atoms with Crippen molar-refractivity contribution in [1.29, 1.82) is 0 Å². The number of hydrogen-bond acceptors (Lipinski definition) is 6. The number of rotatable bonds is 4. The van der Waals surface area contributed by atoms with Crippen molar-refractivity contribution in [2.45, 2.75) is 12.1 Å². The van der Waals surface area contributed by atoms with Crippen molar-refractivity contribution >= 4 is 32.9 Å². The number of non-ortho nitro benzene ring substituents is 1. The molecule has 2 atom stereocenters. The fourth-order valence-electron chi connectivity index (χ4n) is 3.79. The Labute approximate surface area is 161 Å². The van der Waals surface area contributed by atoms with Crippen molar-refractivity contribution in [3.05, 3.63) is 58.6 Å². The number of hydrogen-bond donors (Lipinski definition) is 0. The van der Waals surface area contributed by atoms with E-state index in [0.29, 0.717) is 17.1 Å². The van der Waals surface area contributed by atoms with Gasteiger partial charge in [0.05, 0.1) is 35.6 Å². The van der Waals surface area contributed by atoms with E-state index < -0.39 is 26.8 Å². The second kappa shape index (κ2) is 6.48. The molecule has 10 heteroatoms.